The maximum absolute atomic E-state index is 10.7. The van der Waals surface area contributed by atoms with Gasteiger partial charge in [0.1, 0.15) is 0 Å². The highest BCUT2D eigenvalue weighted by molar-refractivity contribution is 5.64. The molecule has 1 amide bonds. The van der Waals surface area contributed by atoms with E-state index < -0.39 is 6.09 Å². The Morgan fingerprint density at radius 3 is 2.56 bits per heavy atom. The normalized spacial score (nSPS) is 29.2. The number of carboxylic acid groups (broad SMARTS) is 1. The molecule has 2 aliphatic rings. The van der Waals surface area contributed by atoms with Gasteiger partial charge in [0.25, 0.3) is 0 Å². The second-order valence-corrected chi connectivity index (χ2v) is 7.51. The molecule has 1 aromatic carbocycles. The van der Waals surface area contributed by atoms with E-state index >= 15 is 0 Å². The van der Waals surface area contributed by atoms with Gasteiger partial charge in [-0.15, -0.1) is 0 Å². The molecule has 1 aromatic rings. The quantitative estimate of drug-likeness (QED) is 0.693. The van der Waals surface area contributed by atoms with Crippen molar-refractivity contribution in [3.05, 3.63) is 41.5 Å². The van der Waals surface area contributed by atoms with Crippen molar-refractivity contribution < 1.29 is 9.90 Å². The minimum Gasteiger partial charge on any atom is -0.465 e. The molecule has 0 bridgehead atoms. The first-order valence-electron chi connectivity index (χ1n) is 9.64. The molecule has 2 fully saturated rings. The molecule has 2 saturated carbocycles. The van der Waals surface area contributed by atoms with Gasteiger partial charge in [0, 0.05) is 12.1 Å². The van der Waals surface area contributed by atoms with E-state index in [-0.39, 0.29) is 6.04 Å². The van der Waals surface area contributed by atoms with Gasteiger partial charge in [-0.25, -0.2) is 4.79 Å². The van der Waals surface area contributed by atoms with Crippen molar-refractivity contribution in [3.63, 3.8) is 0 Å². The molecule has 136 valence electrons. The zero-order chi connectivity index (χ0) is 17.6. The van der Waals surface area contributed by atoms with Crippen molar-refractivity contribution in [3.8, 4) is 0 Å². The van der Waals surface area contributed by atoms with Gasteiger partial charge in [-0.3, -0.25) is 0 Å². The second-order valence-electron chi connectivity index (χ2n) is 7.51. The Morgan fingerprint density at radius 2 is 1.92 bits per heavy atom. The van der Waals surface area contributed by atoms with Crippen molar-refractivity contribution in [2.24, 2.45) is 11.8 Å². The lowest BCUT2D eigenvalue weighted by molar-refractivity contribution is 0.182. The maximum atomic E-state index is 10.7. The second kappa shape index (κ2) is 8.52. The first-order chi connectivity index (χ1) is 12.2. The van der Waals surface area contributed by atoms with Crippen LogP contribution in [0.2, 0.25) is 0 Å². The molecule has 2 atom stereocenters. The molecular formula is C21H30N2O2. The van der Waals surface area contributed by atoms with Crippen LogP contribution in [0.1, 0.15) is 51.0 Å². The summed E-state index contributed by atoms with van der Waals surface area (Å²) in [6.45, 7) is 3.32. The standard InChI is InChI=1S/C21H30N2O2/c1-2-17(12-15-6-4-3-5-7-15)19-13-20(19)22-14-16-8-10-18(11-9-16)23-21(24)25/h3-7,12,16,18-20,22-23H,2,8-11,13-14H2,1H3,(H,24,25)/b17-12+/t16-,18-,19-,20+/m0/s1. The first-order valence-corrected chi connectivity index (χ1v) is 9.64. The number of rotatable bonds is 7. The monoisotopic (exact) mass is 342 g/mol. The van der Waals surface area contributed by atoms with Crippen LogP contribution in [0.25, 0.3) is 6.08 Å². The Labute approximate surface area is 150 Å². The summed E-state index contributed by atoms with van der Waals surface area (Å²) in [4.78, 5) is 10.7. The molecule has 4 heteroatoms. The Hall–Kier alpha value is -1.81. The van der Waals surface area contributed by atoms with Crippen molar-refractivity contribution in [2.45, 2.75) is 57.5 Å². The van der Waals surface area contributed by atoms with Gasteiger partial charge in [0.15, 0.2) is 0 Å². The molecule has 0 spiro atoms. The molecule has 0 heterocycles. The van der Waals surface area contributed by atoms with Crippen LogP contribution in [0, 0.1) is 11.8 Å². The maximum Gasteiger partial charge on any atom is 0.404 e. The fourth-order valence-corrected chi connectivity index (χ4v) is 4.07. The molecule has 0 aromatic heterocycles. The Kier molecular flexibility index (Phi) is 6.14. The number of hydrogen-bond donors (Lipinski definition) is 3. The summed E-state index contributed by atoms with van der Waals surface area (Å²) in [7, 11) is 0. The molecule has 2 aliphatic carbocycles. The number of amides is 1. The van der Waals surface area contributed by atoms with Crippen LogP contribution < -0.4 is 10.6 Å². The summed E-state index contributed by atoms with van der Waals surface area (Å²) in [6.07, 6.45) is 8.02. The predicted molar refractivity (Wildman–Crippen MR) is 102 cm³/mol. The van der Waals surface area contributed by atoms with Crippen LogP contribution in [0.15, 0.2) is 35.9 Å². The third-order valence-electron chi connectivity index (χ3n) is 5.67. The molecule has 0 saturated heterocycles. The van der Waals surface area contributed by atoms with Gasteiger partial charge in [-0.2, -0.15) is 0 Å². The van der Waals surface area contributed by atoms with Crippen LogP contribution in [0.3, 0.4) is 0 Å². The van der Waals surface area contributed by atoms with Gasteiger partial charge >= 0.3 is 6.09 Å². The lowest BCUT2D eigenvalue weighted by atomic mass is 9.86. The topological polar surface area (TPSA) is 61.4 Å². The summed E-state index contributed by atoms with van der Waals surface area (Å²) < 4.78 is 0. The van der Waals surface area contributed by atoms with Gasteiger partial charge in [-0.1, -0.05) is 48.9 Å². The smallest absolute Gasteiger partial charge is 0.404 e. The molecule has 4 nitrogen and oxygen atoms in total. The predicted octanol–water partition coefficient (Wildman–Crippen LogP) is 4.28. The minimum absolute atomic E-state index is 0.155. The summed E-state index contributed by atoms with van der Waals surface area (Å²) in [5, 5.41) is 15.2. The van der Waals surface area contributed by atoms with Crippen LogP contribution in [-0.2, 0) is 0 Å². The zero-order valence-electron chi connectivity index (χ0n) is 15.1. The van der Waals surface area contributed by atoms with Crippen molar-refractivity contribution in [1.29, 1.82) is 0 Å². The van der Waals surface area contributed by atoms with E-state index in [1.807, 2.05) is 0 Å². The Balaban J connectivity index is 1.41. The third-order valence-corrected chi connectivity index (χ3v) is 5.67. The van der Waals surface area contributed by atoms with Crippen molar-refractivity contribution >= 4 is 12.2 Å². The lowest BCUT2D eigenvalue weighted by Crippen LogP contribution is -2.38. The Bertz CT molecular complexity index is 591. The van der Waals surface area contributed by atoms with E-state index in [2.05, 4.69) is 54.0 Å². The third kappa shape index (κ3) is 5.33. The van der Waals surface area contributed by atoms with E-state index in [4.69, 9.17) is 5.11 Å². The van der Waals surface area contributed by atoms with E-state index in [0.29, 0.717) is 17.9 Å². The molecule has 3 rings (SSSR count). The molecular weight excluding hydrogens is 312 g/mol. The van der Waals surface area contributed by atoms with Crippen molar-refractivity contribution in [1.82, 2.24) is 10.6 Å². The summed E-state index contributed by atoms with van der Waals surface area (Å²) in [5.41, 5.74) is 2.85. The summed E-state index contributed by atoms with van der Waals surface area (Å²) in [5.74, 6) is 1.38. The SMILES string of the molecule is CC/C(=C\c1ccccc1)[C@@H]1C[C@H]1NC[C@H]1CC[C@H](NC(=O)O)CC1. The molecule has 0 radical (unpaired) electrons. The van der Waals surface area contributed by atoms with Crippen molar-refractivity contribution in [2.75, 3.05) is 6.54 Å². The summed E-state index contributed by atoms with van der Waals surface area (Å²) in [6, 6.07) is 11.4. The number of nitrogens with one attached hydrogen (secondary N) is 2. The average Bonchev–Trinajstić information content (AvgIpc) is 3.39. The molecule has 0 aliphatic heterocycles. The molecule has 0 unspecified atom stereocenters. The fourth-order valence-electron chi connectivity index (χ4n) is 4.07. The number of hydrogen-bond acceptors (Lipinski definition) is 2. The van der Waals surface area contributed by atoms with Gasteiger partial charge in [-0.05, 0) is 62.5 Å². The average molecular weight is 342 g/mol. The number of carbonyl (C=O) groups is 1. The fraction of sp³-hybridized carbons (Fsp3) is 0.571. The largest absolute Gasteiger partial charge is 0.465 e. The highest BCUT2D eigenvalue weighted by Crippen LogP contribution is 2.40. The van der Waals surface area contributed by atoms with Gasteiger partial charge < -0.3 is 15.7 Å². The van der Waals surface area contributed by atoms with Crippen LogP contribution in [0.4, 0.5) is 4.79 Å². The minimum atomic E-state index is -0.889. The van der Waals surface area contributed by atoms with E-state index in [1.165, 1.54) is 12.0 Å². The highest BCUT2D eigenvalue weighted by atomic mass is 16.4. The van der Waals surface area contributed by atoms with E-state index in [9.17, 15) is 4.79 Å². The lowest BCUT2D eigenvalue weighted by Gasteiger charge is -2.28. The van der Waals surface area contributed by atoms with E-state index in [0.717, 1.165) is 38.6 Å². The van der Waals surface area contributed by atoms with Gasteiger partial charge in [0.2, 0.25) is 0 Å². The molecule has 3 N–H and O–H groups in total. The van der Waals surface area contributed by atoms with Crippen LogP contribution >= 0.6 is 0 Å². The summed E-state index contributed by atoms with van der Waals surface area (Å²) >= 11 is 0. The van der Waals surface area contributed by atoms with Crippen LogP contribution in [-0.4, -0.2) is 29.8 Å². The molecule has 25 heavy (non-hydrogen) atoms. The zero-order valence-corrected chi connectivity index (χ0v) is 15.1. The van der Waals surface area contributed by atoms with E-state index in [1.54, 1.807) is 5.57 Å². The highest BCUT2D eigenvalue weighted by Gasteiger charge is 2.39. The first kappa shape index (κ1) is 18.0. The number of benzene rings is 1. The van der Waals surface area contributed by atoms with Crippen LogP contribution in [0.5, 0.6) is 0 Å². The van der Waals surface area contributed by atoms with Gasteiger partial charge in [0.05, 0.1) is 0 Å². The Morgan fingerprint density at radius 1 is 1.20 bits per heavy atom.